The highest BCUT2D eigenvalue weighted by atomic mass is 32.1. The Balaban J connectivity index is 1.52. The van der Waals surface area contributed by atoms with E-state index in [0.29, 0.717) is 29.3 Å². The van der Waals surface area contributed by atoms with Gasteiger partial charge in [0.15, 0.2) is 0 Å². The Labute approximate surface area is 215 Å². The lowest BCUT2D eigenvalue weighted by atomic mass is 10.1. The van der Waals surface area contributed by atoms with E-state index >= 15 is 0 Å². The molecule has 0 aliphatic carbocycles. The van der Waals surface area contributed by atoms with Gasteiger partial charge in [0.1, 0.15) is 11.5 Å². The minimum Gasteiger partial charge on any atom is -0.497 e. The molecule has 0 fully saturated rings. The average molecular weight is 503 g/mol. The lowest BCUT2D eigenvalue weighted by Crippen LogP contribution is -2.24. The zero-order valence-corrected chi connectivity index (χ0v) is 21.6. The molecule has 186 valence electrons. The summed E-state index contributed by atoms with van der Waals surface area (Å²) in [4.78, 5) is 26.6. The number of hydrogen-bond donors (Lipinski definition) is 1. The summed E-state index contributed by atoms with van der Waals surface area (Å²) in [5, 5.41) is 3.02. The average Bonchev–Trinajstić information content (AvgIpc) is 3.21. The SMILES string of the molecule is COc1ccc(-n2c(-c3cccc(C(=O)NCCCCc4ccccc4)c3)c(C)sc2=O)c(OC)c1. The number of hydrogen-bond acceptors (Lipinski definition) is 5. The van der Waals surface area contributed by atoms with Gasteiger partial charge in [0.05, 0.1) is 25.6 Å². The Morgan fingerprint density at radius 3 is 2.50 bits per heavy atom. The highest BCUT2D eigenvalue weighted by Crippen LogP contribution is 2.34. The predicted molar refractivity (Wildman–Crippen MR) is 145 cm³/mol. The third kappa shape index (κ3) is 5.69. The molecular formula is C29H30N2O4S. The molecule has 0 saturated heterocycles. The van der Waals surface area contributed by atoms with Gasteiger partial charge in [-0.1, -0.05) is 53.8 Å². The summed E-state index contributed by atoms with van der Waals surface area (Å²) in [6.45, 7) is 2.52. The van der Waals surface area contributed by atoms with Crippen molar-refractivity contribution in [2.24, 2.45) is 0 Å². The topological polar surface area (TPSA) is 69.6 Å². The van der Waals surface area contributed by atoms with Gasteiger partial charge >= 0.3 is 4.87 Å². The second kappa shape index (κ2) is 11.7. The summed E-state index contributed by atoms with van der Waals surface area (Å²) in [6.07, 6.45) is 2.91. The van der Waals surface area contributed by atoms with Crippen LogP contribution in [0.1, 0.15) is 33.6 Å². The lowest BCUT2D eigenvalue weighted by molar-refractivity contribution is 0.0953. The van der Waals surface area contributed by atoms with Crippen LogP contribution in [0.15, 0.2) is 77.6 Å². The molecule has 0 saturated carbocycles. The second-order valence-corrected chi connectivity index (χ2v) is 9.59. The summed E-state index contributed by atoms with van der Waals surface area (Å²) in [5.74, 6) is 1.04. The van der Waals surface area contributed by atoms with Crippen molar-refractivity contribution in [3.05, 3.63) is 98.5 Å². The van der Waals surface area contributed by atoms with E-state index in [1.165, 1.54) is 16.9 Å². The Morgan fingerprint density at radius 1 is 0.944 bits per heavy atom. The van der Waals surface area contributed by atoms with Crippen LogP contribution in [0.3, 0.4) is 0 Å². The van der Waals surface area contributed by atoms with Crippen molar-refractivity contribution in [2.45, 2.75) is 26.2 Å². The van der Waals surface area contributed by atoms with Gasteiger partial charge in [-0.15, -0.1) is 0 Å². The van der Waals surface area contributed by atoms with Gasteiger partial charge < -0.3 is 14.8 Å². The molecule has 36 heavy (non-hydrogen) atoms. The maximum atomic E-state index is 13.0. The first kappa shape index (κ1) is 25.3. The predicted octanol–water partition coefficient (Wildman–Crippen LogP) is 5.64. The third-order valence-electron chi connectivity index (χ3n) is 6.03. The minimum atomic E-state index is -0.126. The molecule has 7 heteroatoms. The summed E-state index contributed by atoms with van der Waals surface area (Å²) < 4.78 is 12.5. The van der Waals surface area contributed by atoms with Crippen LogP contribution in [0, 0.1) is 6.92 Å². The number of amides is 1. The first-order valence-electron chi connectivity index (χ1n) is 11.9. The van der Waals surface area contributed by atoms with E-state index in [9.17, 15) is 9.59 Å². The molecule has 0 spiro atoms. The Morgan fingerprint density at radius 2 is 1.75 bits per heavy atom. The van der Waals surface area contributed by atoms with Gasteiger partial charge in [0.25, 0.3) is 5.91 Å². The van der Waals surface area contributed by atoms with E-state index in [2.05, 4.69) is 17.4 Å². The fraction of sp³-hybridized carbons (Fsp3) is 0.241. The number of methoxy groups -OCH3 is 2. The van der Waals surface area contributed by atoms with Gasteiger partial charge in [0.2, 0.25) is 0 Å². The van der Waals surface area contributed by atoms with Crippen LogP contribution in [0.2, 0.25) is 0 Å². The van der Waals surface area contributed by atoms with E-state index < -0.39 is 0 Å². The number of rotatable bonds is 10. The number of thiazole rings is 1. The van der Waals surface area contributed by atoms with Crippen molar-refractivity contribution in [2.75, 3.05) is 20.8 Å². The van der Waals surface area contributed by atoms with Gasteiger partial charge in [0, 0.05) is 28.6 Å². The quantitative estimate of drug-likeness (QED) is 0.285. The number of ether oxygens (including phenoxy) is 2. The van der Waals surface area contributed by atoms with Crippen LogP contribution in [0.5, 0.6) is 11.5 Å². The van der Waals surface area contributed by atoms with E-state index in [-0.39, 0.29) is 10.8 Å². The molecule has 0 bridgehead atoms. The van der Waals surface area contributed by atoms with Crippen molar-refractivity contribution < 1.29 is 14.3 Å². The highest BCUT2D eigenvalue weighted by Gasteiger charge is 2.19. The molecule has 0 radical (unpaired) electrons. The first-order valence-corrected chi connectivity index (χ1v) is 12.7. The largest absolute Gasteiger partial charge is 0.497 e. The number of aryl methyl sites for hydroxylation is 2. The molecule has 6 nitrogen and oxygen atoms in total. The van der Waals surface area contributed by atoms with Crippen LogP contribution in [0.25, 0.3) is 16.9 Å². The Hall–Kier alpha value is -3.84. The van der Waals surface area contributed by atoms with Gasteiger partial charge in [-0.25, -0.2) is 0 Å². The molecule has 1 N–H and O–H groups in total. The zero-order chi connectivity index (χ0) is 25.5. The fourth-order valence-electron chi connectivity index (χ4n) is 4.21. The summed E-state index contributed by atoms with van der Waals surface area (Å²) in [5.41, 5.74) is 4.02. The molecule has 0 atom stereocenters. The zero-order valence-electron chi connectivity index (χ0n) is 20.7. The van der Waals surface area contributed by atoms with Gasteiger partial charge in [-0.2, -0.15) is 0 Å². The van der Waals surface area contributed by atoms with Crippen LogP contribution in [-0.4, -0.2) is 31.2 Å². The molecular weight excluding hydrogens is 472 g/mol. The van der Waals surface area contributed by atoms with Crippen LogP contribution in [-0.2, 0) is 6.42 Å². The molecule has 0 unspecified atom stereocenters. The van der Waals surface area contributed by atoms with Crippen molar-refractivity contribution in [3.8, 4) is 28.4 Å². The van der Waals surface area contributed by atoms with Crippen LogP contribution >= 0.6 is 11.3 Å². The van der Waals surface area contributed by atoms with E-state index in [1.54, 1.807) is 43.1 Å². The summed E-state index contributed by atoms with van der Waals surface area (Å²) >= 11 is 1.17. The van der Waals surface area contributed by atoms with E-state index in [1.807, 2.05) is 43.3 Å². The summed E-state index contributed by atoms with van der Waals surface area (Å²) in [7, 11) is 3.15. The molecule has 4 rings (SSSR count). The molecule has 0 aliphatic heterocycles. The van der Waals surface area contributed by atoms with Crippen LogP contribution in [0.4, 0.5) is 0 Å². The van der Waals surface area contributed by atoms with Crippen molar-refractivity contribution in [1.29, 1.82) is 0 Å². The Kier molecular flexibility index (Phi) is 8.23. The monoisotopic (exact) mass is 502 g/mol. The summed E-state index contributed by atoms with van der Waals surface area (Å²) in [6, 6.07) is 23.1. The maximum Gasteiger partial charge on any atom is 0.312 e. The molecule has 1 amide bonds. The Bertz CT molecular complexity index is 1390. The third-order valence-corrected chi connectivity index (χ3v) is 6.88. The van der Waals surface area contributed by atoms with Crippen molar-refractivity contribution >= 4 is 17.2 Å². The minimum absolute atomic E-state index is 0.125. The van der Waals surface area contributed by atoms with E-state index in [0.717, 1.165) is 35.4 Å². The number of unbranched alkanes of at least 4 members (excludes halogenated alkanes) is 1. The van der Waals surface area contributed by atoms with Crippen molar-refractivity contribution in [3.63, 3.8) is 0 Å². The number of nitrogens with zero attached hydrogens (tertiary/aromatic N) is 1. The standard InChI is InChI=1S/C29H30N2O4S/c1-20-27(31(29(33)36-20)25-16-15-24(34-2)19-26(25)35-3)22-13-9-14-23(18-22)28(32)30-17-8-7-12-21-10-5-4-6-11-21/h4-6,9-11,13-16,18-19H,7-8,12,17H2,1-3H3,(H,30,32). The van der Waals surface area contributed by atoms with Crippen molar-refractivity contribution in [1.82, 2.24) is 9.88 Å². The number of carbonyl (C=O) groups excluding carboxylic acids is 1. The molecule has 4 aromatic rings. The fourth-order valence-corrected chi connectivity index (χ4v) is 5.05. The van der Waals surface area contributed by atoms with Crippen LogP contribution < -0.4 is 19.7 Å². The number of aromatic nitrogens is 1. The molecule has 0 aliphatic rings. The number of benzene rings is 3. The van der Waals surface area contributed by atoms with Gasteiger partial charge in [-0.05, 0) is 56.0 Å². The highest BCUT2D eigenvalue weighted by molar-refractivity contribution is 7.09. The number of carbonyl (C=O) groups is 1. The maximum absolute atomic E-state index is 13.0. The lowest BCUT2D eigenvalue weighted by Gasteiger charge is -2.14. The molecule has 3 aromatic carbocycles. The number of nitrogens with one attached hydrogen (secondary N) is 1. The molecule has 1 aromatic heterocycles. The van der Waals surface area contributed by atoms with Gasteiger partial charge in [-0.3, -0.25) is 14.2 Å². The molecule has 1 heterocycles. The normalized spacial score (nSPS) is 10.8. The van der Waals surface area contributed by atoms with E-state index in [4.69, 9.17) is 9.47 Å². The first-order chi connectivity index (χ1) is 17.5. The smallest absolute Gasteiger partial charge is 0.312 e. The second-order valence-electron chi connectivity index (χ2n) is 8.43.